The van der Waals surface area contributed by atoms with Crippen molar-refractivity contribution in [3.05, 3.63) is 11.6 Å². The second-order valence-electron chi connectivity index (χ2n) is 4.04. The number of amides is 1. The predicted octanol–water partition coefficient (Wildman–Crippen LogP) is 1.97. The first kappa shape index (κ1) is 8.79. The van der Waals surface area contributed by atoms with Gasteiger partial charge >= 0.3 is 0 Å². The van der Waals surface area contributed by atoms with E-state index < -0.39 is 0 Å². The van der Waals surface area contributed by atoms with Crippen molar-refractivity contribution in [3.63, 3.8) is 0 Å². The molecular formula is C11H17NO. The number of rotatable bonds is 2. The van der Waals surface area contributed by atoms with E-state index >= 15 is 0 Å². The van der Waals surface area contributed by atoms with Gasteiger partial charge in [0.05, 0.1) is 0 Å². The van der Waals surface area contributed by atoms with Crippen molar-refractivity contribution in [1.82, 2.24) is 4.90 Å². The van der Waals surface area contributed by atoms with Crippen LogP contribution in [0, 0.1) is 5.92 Å². The third kappa shape index (κ3) is 1.93. The Kier molecular flexibility index (Phi) is 2.38. The molecule has 0 unspecified atom stereocenters. The van der Waals surface area contributed by atoms with Gasteiger partial charge in [0.2, 0.25) is 5.91 Å². The smallest absolute Gasteiger partial charge is 0.225 e. The number of carbonyl (C=O) groups is 1. The standard InChI is InChI=1S/C11H17NO/c1-2-9-4-3-7-12(8-9)11(13)10-5-6-10/h4,10H,2-3,5-8H2,1H3. The Hall–Kier alpha value is -0.790. The highest BCUT2D eigenvalue weighted by Crippen LogP contribution is 2.32. The maximum Gasteiger partial charge on any atom is 0.225 e. The van der Waals surface area contributed by atoms with Crippen LogP contribution in [-0.2, 0) is 4.79 Å². The van der Waals surface area contributed by atoms with E-state index in [1.54, 1.807) is 0 Å². The molecule has 1 amide bonds. The molecule has 2 rings (SSSR count). The molecule has 2 nitrogen and oxygen atoms in total. The fourth-order valence-electron chi connectivity index (χ4n) is 1.85. The lowest BCUT2D eigenvalue weighted by Crippen LogP contribution is -2.36. The highest BCUT2D eigenvalue weighted by Gasteiger charge is 2.33. The summed E-state index contributed by atoms with van der Waals surface area (Å²) in [5.41, 5.74) is 1.43. The second-order valence-corrected chi connectivity index (χ2v) is 4.04. The van der Waals surface area contributed by atoms with E-state index in [0.29, 0.717) is 11.8 Å². The number of hydrogen-bond donors (Lipinski definition) is 0. The maximum atomic E-state index is 11.7. The Morgan fingerprint density at radius 3 is 3.00 bits per heavy atom. The van der Waals surface area contributed by atoms with E-state index in [9.17, 15) is 4.79 Å². The Bertz CT molecular complexity index is 240. The highest BCUT2D eigenvalue weighted by molar-refractivity contribution is 5.81. The molecule has 1 fully saturated rings. The van der Waals surface area contributed by atoms with Crippen molar-refractivity contribution in [2.75, 3.05) is 13.1 Å². The molecule has 1 aliphatic heterocycles. The van der Waals surface area contributed by atoms with Crippen LogP contribution >= 0.6 is 0 Å². The predicted molar refractivity (Wildman–Crippen MR) is 52.3 cm³/mol. The third-order valence-corrected chi connectivity index (χ3v) is 2.92. The van der Waals surface area contributed by atoms with Crippen molar-refractivity contribution in [1.29, 1.82) is 0 Å². The largest absolute Gasteiger partial charge is 0.338 e. The van der Waals surface area contributed by atoms with Gasteiger partial charge in [-0.15, -0.1) is 0 Å². The quantitative estimate of drug-likeness (QED) is 0.593. The number of carbonyl (C=O) groups excluding carboxylic acids is 1. The maximum absolute atomic E-state index is 11.7. The summed E-state index contributed by atoms with van der Waals surface area (Å²) in [6.45, 7) is 4.00. The van der Waals surface area contributed by atoms with Gasteiger partial charge in [-0.05, 0) is 25.7 Å². The first-order chi connectivity index (χ1) is 6.31. The first-order valence-electron chi connectivity index (χ1n) is 5.28. The van der Waals surface area contributed by atoms with Gasteiger partial charge in [0, 0.05) is 19.0 Å². The molecule has 1 aliphatic carbocycles. The van der Waals surface area contributed by atoms with E-state index in [1.807, 2.05) is 4.90 Å². The normalized spacial score (nSPS) is 22.8. The Morgan fingerprint density at radius 2 is 2.38 bits per heavy atom. The van der Waals surface area contributed by atoms with E-state index in [2.05, 4.69) is 13.0 Å². The summed E-state index contributed by atoms with van der Waals surface area (Å²) in [4.78, 5) is 13.8. The van der Waals surface area contributed by atoms with Crippen molar-refractivity contribution in [2.45, 2.75) is 32.6 Å². The fraction of sp³-hybridized carbons (Fsp3) is 0.727. The second kappa shape index (κ2) is 3.52. The summed E-state index contributed by atoms with van der Waals surface area (Å²) in [6, 6.07) is 0. The van der Waals surface area contributed by atoms with E-state index in [-0.39, 0.29) is 0 Å². The van der Waals surface area contributed by atoms with Crippen LogP contribution in [0.2, 0.25) is 0 Å². The summed E-state index contributed by atoms with van der Waals surface area (Å²) in [5.74, 6) is 0.787. The molecule has 1 heterocycles. The molecule has 0 aromatic heterocycles. The summed E-state index contributed by atoms with van der Waals surface area (Å²) in [5, 5.41) is 0. The molecule has 72 valence electrons. The van der Waals surface area contributed by atoms with E-state index in [1.165, 1.54) is 5.57 Å². The average Bonchev–Trinajstić information content (AvgIpc) is 3.00. The molecule has 2 aliphatic rings. The van der Waals surface area contributed by atoms with Gasteiger partial charge in [0.15, 0.2) is 0 Å². The van der Waals surface area contributed by atoms with Gasteiger partial charge in [0.1, 0.15) is 0 Å². The van der Waals surface area contributed by atoms with Crippen LogP contribution in [0.25, 0.3) is 0 Å². The van der Waals surface area contributed by atoms with Gasteiger partial charge < -0.3 is 4.90 Å². The lowest BCUT2D eigenvalue weighted by atomic mass is 10.1. The third-order valence-electron chi connectivity index (χ3n) is 2.92. The molecule has 0 radical (unpaired) electrons. The SMILES string of the molecule is CCC1=CCCN(C(=O)C2CC2)C1. The molecule has 0 saturated heterocycles. The minimum atomic E-state index is 0.385. The molecule has 13 heavy (non-hydrogen) atoms. The summed E-state index contributed by atoms with van der Waals surface area (Å²) >= 11 is 0. The highest BCUT2D eigenvalue weighted by atomic mass is 16.2. The number of nitrogens with zero attached hydrogens (tertiary/aromatic N) is 1. The van der Waals surface area contributed by atoms with Crippen molar-refractivity contribution in [3.8, 4) is 0 Å². The van der Waals surface area contributed by atoms with Gasteiger partial charge in [-0.1, -0.05) is 18.6 Å². The van der Waals surface area contributed by atoms with Gasteiger partial charge in [-0.25, -0.2) is 0 Å². The molecule has 0 aromatic carbocycles. The number of hydrogen-bond acceptors (Lipinski definition) is 1. The van der Waals surface area contributed by atoms with Crippen LogP contribution in [-0.4, -0.2) is 23.9 Å². The molecule has 2 heteroatoms. The van der Waals surface area contributed by atoms with Crippen LogP contribution in [0.4, 0.5) is 0 Å². The summed E-state index contributed by atoms with van der Waals surface area (Å²) in [7, 11) is 0. The van der Waals surface area contributed by atoms with Gasteiger partial charge in [-0.3, -0.25) is 4.79 Å². The Balaban J connectivity index is 1.94. The van der Waals surface area contributed by atoms with Gasteiger partial charge in [-0.2, -0.15) is 0 Å². The fourth-order valence-corrected chi connectivity index (χ4v) is 1.85. The van der Waals surface area contributed by atoms with Crippen LogP contribution in [0.15, 0.2) is 11.6 Å². The van der Waals surface area contributed by atoms with E-state index in [0.717, 1.165) is 38.8 Å². The topological polar surface area (TPSA) is 20.3 Å². The molecule has 0 bridgehead atoms. The monoisotopic (exact) mass is 179 g/mol. The van der Waals surface area contributed by atoms with Crippen LogP contribution < -0.4 is 0 Å². The molecule has 1 saturated carbocycles. The van der Waals surface area contributed by atoms with Crippen molar-refractivity contribution < 1.29 is 4.79 Å². The van der Waals surface area contributed by atoms with E-state index in [4.69, 9.17) is 0 Å². The minimum Gasteiger partial charge on any atom is -0.338 e. The lowest BCUT2D eigenvalue weighted by molar-refractivity contribution is -0.132. The minimum absolute atomic E-state index is 0.385. The zero-order chi connectivity index (χ0) is 9.26. The Labute approximate surface area is 79.6 Å². The summed E-state index contributed by atoms with van der Waals surface area (Å²) < 4.78 is 0. The van der Waals surface area contributed by atoms with Crippen molar-refractivity contribution >= 4 is 5.91 Å². The molecule has 0 spiro atoms. The molecule has 0 aromatic rings. The first-order valence-corrected chi connectivity index (χ1v) is 5.28. The van der Waals surface area contributed by atoms with Crippen LogP contribution in [0.5, 0.6) is 0 Å². The molecule has 0 N–H and O–H groups in total. The Morgan fingerprint density at radius 1 is 1.62 bits per heavy atom. The van der Waals surface area contributed by atoms with Crippen molar-refractivity contribution in [2.24, 2.45) is 5.92 Å². The zero-order valence-corrected chi connectivity index (χ0v) is 8.25. The molecule has 0 atom stereocenters. The van der Waals surface area contributed by atoms with Crippen LogP contribution in [0.1, 0.15) is 32.6 Å². The average molecular weight is 179 g/mol. The summed E-state index contributed by atoms with van der Waals surface area (Å²) in [6.07, 6.45) is 6.69. The zero-order valence-electron chi connectivity index (χ0n) is 8.25. The molecular weight excluding hydrogens is 162 g/mol. The lowest BCUT2D eigenvalue weighted by Gasteiger charge is -2.27. The van der Waals surface area contributed by atoms with Gasteiger partial charge in [0.25, 0.3) is 0 Å². The van der Waals surface area contributed by atoms with Crippen LogP contribution in [0.3, 0.4) is 0 Å².